The second-order valence-corrected chi connectivity index (χ2v) is 6.12. The molecule has 1 unspecified atom stereocenters. The van der Waals surface area contributed by atoms with Crippen LogP contribution in [0.4, 0.5) is 4.79 Å². The van der Waals surface area contributed by atoms with E-state index >= 15 is 0 Å². The van der Waals surface area contributed by atoms with Crippen LogP contribution in [0.25, 0.3) is 10.1 Å². The normalized spacial score (nSPS) is 11.3. The minimum absolute atomic E-state index is 0.0822. The first kappa shape index (κ1) is 18.5. The van der Waals surface area contributed by atoms with Crippen molar-refractivity contribution in [2.24, 2.45) is 0 Å². The lowest BCUT2D eigenvalue weighted by molar-refractivity contribution is -0.122. The molecule has 6 nitrogen and oxygen atoms in total. The van der Waals surface area contributed by atoms with Crippen LogP contribution in [0.1, 0.15) is 17.9 Å². The number of nitriles is 1. The van der Waals surface area contributed by atoms with Crippen LogP contribution in [-0.4, -0.2) is 31.7 Å². The molecular formula is C18H19N3O3S. The molecule has 2 amide bonds. The Bertz CT molecular complexity index is 794. The number of thiophene rings is 1. The number of rotatable bonds is 8. The lowest BCUT2D eigenvalue weighted by Gasteiger charge is -2.16. The predicted octanol–water partition coefficient (Wildman–Crippen LogP) is 2.93. The van der Waals surface area contributed by atoms with Crippen LogP contribution in [0.15, 0.2) is 42.3 Å². The van der Waals surface area contributed by atoms with Crippen LogP contribution in [0.5, 0.6) is 0 Å². The number of benzene rings is 1. The summed E-state index contributed by atoms with van der Waals surface area (Å²) in [5.74, 6) is -0.909. The smallest absolute Gasteiger partial charge is 0.407 e. The second kappa shape index (κ2) is 9.45. The van der Waals surface area contributed by atoms with Crippen LogP contribution in [0, 0.1) is 11.3 Å². The highest BCUT2D eigenvalue weighted by atomic mass is 32.1. The Morgan fingerprint density at radius 3 is 2.92 bits per heavy atom. The number of nitrogens with zero attached hydrogens (tertiary/aromatic N) is 1. The Morgan fingerprint density at radius 1 is 1.36 bits per heavy atom. The monoisotopic (exact) mass is 357 g/mol. The van der Waals surface area contributed by atoms with Gasteiger partial charge in [-0.15, -0.1) is 17.9 Å². The van der Waals surface area contributed by atoms with Gasteiger partial charge in [-0.05, 0) is 28.8 Å². The quantitative estimate of drug-likeness (QED) is 0.432. The molecule has 25 heavy (non-hydrogen) atoms. The third kappa shape index (κ3) is 5.06. The van der Waals surface area contributed by atoms with Crippen molar-refractivity contribution in [1.29, 1.82) is 5.26 Å². The molecule has 0 fully saturated rings. The molecule has 130 valence electrons. The molecule has 0 aliphatic carbocycles. The van der Waals surface area contributed by atoms with Gasteiger partial charge in [0.15, 0.2) is 0 Å². The van der Waals surface area contributed by atoms with E-state index in [9.17, 15) is 9.59 Å². The number of hydrogen-bond donors (Lipinski definition) is 2. The summed E-state index contributed by atoms with van der Waals surface area (Å²) in [4.78, 5) is 24.2. The largest absolute Gasteiger partial charge is 0.449 e. The van der Waals surface area contributed by atoms with Gasteiger partial charge >= 0.3 is 6.09 Å². The van der Waals surface area contributed by atoms with Crippen molar-refractivity contribution in [2.45, 2.75) is 12.3 Å². The van der Waals surface area contributed by atoms with Gasteiger partial charge in [0.1, 0.15) is 6.54 Å². The maximum atomic E-state index is 12.5. The van der Waals surface area contributed by atoms with Crippen LogP contribution in [0.2, 0.25) is 0 Å². The number of hydrogen-bond acceptors (Lipinski definition) is 5. The van der Waals surface area contributed by atoms with Gasteiger partial charge in [-0.25, -0.2) is 4.79 Å². The maximum absolute atomic E-state index is 12.5. The lowest BCUT2D eigenvalue weighted by Crippen LogP contribution is -2.37. The first-order valence-corrected chi connectivity index (χ1v) is 8.67. The summed E-state index contributed by atoms with van der Waals surface area (Å²) in [5.41, 5.74) is 0.822. The zero-order valence-corrected chi connectivity index (χ0v) is 14.5. The third-order valence-electron chi connectivity index (χ3n) is 3.55. The minimum Gasteiger partial charge on any atom is -0.449 e. The molecule has 7 heteroatoms. The highest BCUT2D eigenvalue weighted by Crippen LogP contribution is 2.31. The van der Waals surface area contributed by atoms with Crippen molar-refractivity contribution in [3.63, 3.8) is 0 Å². The molecule has 0 saturated carbocycles. The molecule has 1 heterocycles. The molecule has 0 radical (unpaired) electrons. The Hall–Kier alpha value is -2.85. The lowest BCUT2D eigenvalue weighted by atomic mass is 9.97. The van der Waals surface area contributed by atoms with E-state index in [2.05, 4.69) is 17.2 Å². The average molecular weight is 357 g/mol. The van der Waals surface area contributed by atoms with E-state index in [1.807, 2.05) is 35.7 Å². The molecule has 0 aliphatic heterocycles. The van der Waals surface area contributed by atoms with Gasteiger partial charge in [-0.3, -0.25) is 4.79 Å². The van der Waals surface area contributed by atoms with E-state index in [0.717, 1.165) is 15.6 Å². The Morgan fingerprint density at radius 2 is 2.16 bits per heavy atom. The molecule has 0 spiro atoms. The van der Waals surface area contributed by atoms with Crippen LogP contribution in [-0.2, 0) is 9.53 Å². The molecule has 2 N–H and O–H groups in total. The third-order valence-corrected chi connectivity index (χ3v) is 4.53. The average Bonchev–Trinajstić information content (AvgIpc) is 3.04. The van der Waals surface area contributed by atoms with Crippen molar-refractivity contribution in [2.75, 3.05) is 19.7 Å². The van der Waals surface area contributed by atoms with E-state index in [-0.39, 0.29) is 25.6 Å². The first-order chi connectivity index (χ1) is 12.2. The minimum atomic E-state index is -0.601. The predicted molar refractivity (Wildman–Crippen MR) is 97.4 cm³/mol. The summed E-state index contributed by atoms with van der Waals surface area (Å²) < 4.78 is 6.06. The van der Waals surface area contributed by atoms with Crippen molar-refractivity contribution in [1.82, 2.24) is 10.6 Å². The number of amides is 2. The van der Waals surface area contributed by atoms with E-state index in [4.69, 9.17) is 10.00 Å². The molecular weight excluding hydrogens is 338 g/mol. The van der Waals surface area contributed by atoms with Gasteiger partial charge in [0.25, 0.3) is 0 Å². The van der Waals surface area contributed by atoms with Gasteiger partial charge in [0.05, 0.1) is 18.6 Å². The highest BCUT2D eigenvalue weighted by molar-refractivity contribution is 7.17. The number of carbonyl (C=O) groups excluding carboxylic acids is 2. The summed E-state index contributed by atoms with van der Waals surface area (Å²) in [6.45, 7) is 3.80. The number of fused-ring (bicyclic) bond motifs is 1. The van der Waals surface area contributed by atoms with Crippen LogP contribution in [0.3, 0.4) is 0 Å². The zero-order chi connectivity index (χ0) is 18.1. The summed E-state index contributed by atoms with van der Waals surface area (Å²) in [5, 5.41) is 16.7. The highest BCUT2D eigenvalue weighted by Gasteiger charge is 2.24. The van der Waals surface area contributed by atoms with Crippen LogP contribution >= 0.6 is 11.3 Å². The van der Waals surface area contributed by atoms with E-state index in [1.54, 1.807) is 6.08 Å². The molecule has 1 atom stereocenters. The van der Waals surface area contributed by atoms with Gasteiger partial charge in [-0.2, -0.15) is 5.26 Å². The Balaban J connectivity index is 2.13. The van der Waals surface area contributed by atoms with Gasteiger partial charge in [0, 0.05) is 11.2 Å². The molecule has 1 aromatic heterocycles. The van der Waals surface area contributed by atoms with Crippen LogP contribution < -0.4 is 10.6 Å². The molecule has 0 bridgehead atoms. The summed E-state index contributed by atoms with van der Waals surface area (Å²) in [6.07, 6.45) is 1.64. The van der Waals surface area contributed by atoms with E-state index in [0.29, 0.717) is 6.42 Å². The zero-order valence-electron chi connectivity index (χ0n) is 13.7. The van der Waals surface area contributed by atoms with Crippen molar-refractivity contribution >= 4 is 33.4 Å². The van der Waals surface area contributed by atoms with Gasteiger partial charge < -0.3 is 15.4 Å². The summed E-state index contributed by atoms with van der Waals surface area (Å²) in [7, 11) is 0. The first-order valence-electron chi connectivity index (χ1n) is 7.79. The number of carbonyl (C=O) groups is 2. The standard InChI is InChI=1S/C18H19N3O3S/c1-2-3-10-24-18(23)21-11-14(17(22)20-9-8-19)15-12-25-16-7-5-4-6-13(15)16/h2,4-7,12,14H,1,3,9-11H2,(H,20,22)(H,21,23). The SMILES string of the molecule is C=CCCOC(=O)NCC(C(=O)NCC#N)c1csc2ccccc12. The summed E-state index contributed by atoms with van der Waals surface area (Å²) >= 11 is 1.53. The van der Waals surface area contributed by atoms with Crippen molar-refractivity contribution < 1.29 is 14.3 Å². The van der Waals surface area contributed by atoms with Gasteiger partial charge in [0.2, 0.25) is 5.91 Å². The van der Waals surface area contributed by atoms with E-state index in [1.165, 1.54) is 11.3 Å². The fraction of sp³-hybridized carbons (Fsp3) is 0.278. The topological polar surface area (TPSA) is 91.2 Å². The number of nitrogens with one attached hydrogen (secondary N) is 2. The molecule has 1 aromatic carbocycles. The fourth-order valence-electron chi connectivity index (χ4n) is 2.33. The summed E-state index contributed by atoms with van der Waals surface area (Å²) in [6, 6.07) is 9.64. The molecule has 2 rings (SSSR count). The number of ether oxygens (including phenoxy) is 1. The second-order valence-electron chi connectivity index (χ2n) is 5.21. The molecule has 0 aliphatic rings. The Kier molecular flexibility index (Phi) is 6.99. The number of alkyl carbamates (subject to hydrolysis) is 1. The fourth-order valence-corrected chi connectivity index (χ4v) is 3.35. The van der Waals surface area contributed by atoms with Crippen molar-refractivity contribution in [3.8, 4) is 6.07 Å². The van der Waals surface area contributed by atoms with Crippen molar-refractivity contribution in [3.05, 3.63) is 47.9 Å². The Labute approximate surface area is 150 Å². The molecule has 2 aromatic rings. The van der Waals surface area contributed by atoms with E-state index < -0.39 is 12.0 Å². The van der Waals surface area contributed by atoms with Gasteiger partial charge in [-0.1, -0.05) is 24.3 Å². The molecule has 0 saturated heterocycles. The maximum Gasteiger partial charge on any atom is 0.407 e.